The topological polar surface area (TPSA) is 60.8 Å². The molecule has 26 heavy (non-hydrogen) atoms. The van der Waals surface area contributed by atoms with Crippen molar-refractivity contribution in [1.29, 1.82) is 0 Å². The molecular formula is C22H29NO3. The van der Waals surface area contributed by atoms with Gasteiger partial charge in [-0.3, -0.25) is 9.69 Å². The van der Waals surface area contributed by atoms with Crippen LogP contribution < -0.4 is 0 Å². The van der Waals surface area contributed by atoms with E-state index in [2.05, 4.69) is 16.7 Å². The number of hydrogen-bond acceptors (Lipinski definition) is 3. The number of fused-ring (bicyclic) bond motifs is 1. The summed E-state index contributed by atoms with van der Waals surface area (Å²) in [4.78, 5) is 14.3. The minimum atomic E-state index is -1.05. The van der Waals surface area contributed by atoms with Crippen molar-refractivity contribution in [3.63, 3.8) is 0 Å². The molecule has 0 radical (unpaired) electrons. The number of carbonyl (C=O) groups is 1. The van der Waals surface area contributed by atoms with Crippen LogP contribution in [0.15, 0.2) is 24.3 Å². The van der Waals surface area contributed by atoms with Gasteiger partial charge in [0.25, 0.3) is 0 Å². The monoisotopic (exact) mass is 355 g/mol. The van der Waals surface area contributed by atoms with Crippen molar-refractivity contribution in [2.45, 2.75) is 44.1 Å². The molecule has 0 aromatic heterocycles. The first-order valence-electron chi connectivity index (χ1n) is 10.1. The summed E-state index contributed by atoms with van der Waals surface area (Å²) in [5.74, 6) is 6.30. The fourth-order valence-corrected chi connectivity index (χ4v) is 5.25. The molecule has 1 saturated heterocycles. The van der Waals surface area contributed by atoms with E-state index in [1.54, 1.807) is 0 Å². The van der Waals surface area contributed by atoms with Gasteiger partial charge in [0, 0.05) is 25.4 Å². The minimum Gasteiger partial charge on any atom is -0.481 e. The molecule has 140 valence electrons. The predicted octanol–water partition coefficient (Wildman–Crippen LogP) is 2.70. The number of hydrogen-bond donors (Lipinski definition) is 2. The summed E-state index contributed by atoms with van der Waals surface area (Å²) in [6, 6.07) is 0. The van der Waals surface area contributed by atoms with Crippen LogP contribution in [0.25, 0.3) is 0 Å². The van der Waals surface area contributed by atoms with E-state index >= 15 is 0 Å². The molecule has 4 nitrogen and oxygen atoms in total. The largest absolute Gasteiger partial charge is 0.481 e. The van der Waals surface area contributed by atoms with E-state index in [1.807, 2.05) is 24.3 Å². The molecular weight excluding hydrogens is 326 g/mol. The van der Waals surface area contributed by atoms with Crippen molar-refractivity contribution < 1.29 is 15.0 Å². The fraction of sp³-hybridized carbons (Fsp3) is 0.682. The maximum atomic E-state index is 12.0. The molecule has 4 heteroatoms. The standard InChI is InChI=1S/C22H29NO3/c24-21(25)19(9-4-6-12-23-14-16-13-17(16)15-23)20-10-3-5-11-22(20,26)18-7-1-2-8-18/h3,5,10-11,16-20,26H,1-2,7-9,12-15H2,(H,24,25)/t16-,17+,19?,20?,22?. The van der Waals surface area contributed by atoms with Crippen molar-refractivity contribution in [2.24, 2.45) is 29.6 Å². The Kier molecular flexibility index (Phi) is 4.94. The van der Waals surface area contributed by atoms with Gasteiger partial charge in [0.2, 0.25) is 0 Å². The van der Waals surface area contributed by atoms with Gasteiger partial charge in [0.15, 0.2) is 0 Å². The molecule has 1 aliphatic heterocycles. The second kappa shape index (κ2) is 7.21. The molecule has 3 aliphatic carbocycles. The van der Waals surface area contributed by atoms with Gasteiger partial charge in [-0.1, -0.05) is 43.1 Å². The number of likely N-dealkylation sites (tertiary alicyclic amines) is 1. The van der Waals surface area contributed by atoms with Gasteiger partial charge in [0.1, 0.15) is 0 Å². The molecule has 3 unspecified atom stereocenters. The Bertz CT molecular complexity index is 657. The van der Waals surface area contributed by atoms with Crippen LogP contribution in [0.2, 0.25) is 0 Å². The highest BCUT2D eigenvalue weighted by Crippen LogP contribution is 2.45. The molecule has 3 fully saturated rings. The first-order valence-corrected chi connectivity index (χ1v) is 10.1. The number of rotatable bonds is 5. The lowest BCUT2D eigenvalue weighted by Crippen LogP contribution is -2.47. The summed E-state index contributed by atoms with van der Waals surface area (Å²) in [6.07, 6.45) is 13.3. The highest BCUT2D eigenvalue weighted by molar-refractivity contribution is 5.71. The summed E-state index contributed by atoms with van der Waals surface area (Å²) >= 11 is 0. The molecule has 5 atom stereocenters. The van der Waals surface area contributed by atoms with E-state index in [9.17, 15) is 15.0 Å². The van der Waals surface area contributed by atoms with E-state index in [1.165, 1.54) is 6.42 Å². The number of carboxylic acids is 1. The first-order chi connectivity index (χ1) is 12.6. The van der Waals surface area contributed by atoms with Crippen LogP contribution in [0.3, 0.4) is 0 Å². The third-order valence-corrected chi connectivity index (χ3v) is 6.89. The van der Waals surface area contributed by atoms with Gasteiger partial charge in [-0.25, -0.2) is 0 Å². The molecule has 2 saturated carbocycles. The summed E-state index contributed by atoms with van der Waals surface area (Å²) in [7, 11) is 0. The second-order valence-corrected chi connectivity index (χ2v) is 8.59. The lowest BCUT2D eigenvalue weighted by atomic mass is 9.68. The Hall–Kier alpha value is -1.57. The Balaban J connectivity index is 1.42. The second-order valence-electron chi connectivity index (χ2n) is 8.59. The van der Waals surface area contributed by atoms with Crippen LogP contribution in [0, 0.1) is 41.4 Å². The van der Waals surface area contributed by atoms with Crippen LogP contribution in [0.5, 0.6) is 0 Å². The lowest BCUT2D eigenvalue weighted by molar-refractivity contribution is -0.147. The summed E-state index contributed by atoms with van der Waals surface area (Å²) in [5, 5.41) is 21.2. The number of aliphatic hydroxyl groups is 1. The van der Waals surface area contributed by atoms with Crippen molar-refractivity contribution in [3.8, 4) is 11.8 Å². The van der Waals surface area contributed by atoms with Crippen LogP contribution in [-0.2, 0) is 4.79 Å². The Morgan fingerprint density at radius 3 is 2.62 bits per heavy atom. The van der Waals surface area contributed by atoms with Gasteiger partial charge in [-0.15, -0.1) is 5.92 Å². The maximum Gasteiger partial charge on any atom is 0.308 e. The molecule has 2 N–H and O–H groups in total. The maximum absolute atomic E-state index is 12.0. The molecule has 4 aliphatic rings. The normalized spacial score (nSPS) is 37.2. The summed E-state index contributed by atoms with van der Waals surface area (Å²) < 4.78 is 0. The highest BCUT2D eigenvalue weighted by atomic mass is 16.4. The van der Waals surface area contributed by atoms with Crippen LogP contribution in [0.4, 0.5) is 0 Å². The van der Waals surface area contributed by atoms with Gasteiger partial charge in [-0.2, -0.15) is 0 Å². The summed E-state index contributed by atoms with van der Waals surface area (Å²) in [6.45, 7) is 3.05. The van der Waals surface area contributed by atoms with E-state index in [-0.39, 0.29) is 5.92 Å². The lowest BCUT2D eigenvalue weighted by Gasteiger charge is -2.41. The average Bonchev–Trinajstić information content (AvgIpc) is 3.05. The molecule has 0 aromatic carbocycles. The zero-order chi connectivity index (χ0) is 18.1. The van der Waals surface area contributed by atoms with Gasteiger partial charge in [-0.05, 0) is 37.0 Å². The van der Waals surface area contributed by atoms with E-state index in [0.717, 1.165) is 57.2 Å². The van der Waals surface area contributed by atoms with Crippen molar-refractivity contribution in [3.05, 3.63) is 24.3 Å². The third-order valence-electron chi connectivity index (χ3n) is 6.89. The SMILES string of the molecule is O=C(O)C(CC#CCN1C[C@H]2C[C@H]2C1)C1C=CC=CC1(O)C1CCCC1. The van der Waals surface area contributed by atoms with Crippen LogP contribution in [-0.4, -0.2) is 46.3 Å². The Labute approximate surface area is 156 Å². The average molecular weight is 355 g/mol. The zero-order valence-electron chi connectivity index (χ0n) is 15.3. The Morgan fingerprint density at radius 1 is 1.19 bits per heavy atom. The molecule has 0 spiro atoms. The van der Waals surface area contributed by atoms with Gasteiger partial charge in [0.05, 0.1) is 18.1 Å². The van der Waals surface area contributed by atoms with Crippen molar-refractivity contribution in [1.82, 2.24) is 4.90 Å². The van der Waals surface area contributed by atoms with E-state index in [4.69, 9.17) is 0 Å². The zero-order valence-corrected chi connectivity index (χ0v) is 15.3. The molecule has 0 bridgehead atoms. The number of piperidine rings is 1. The fourth-order valence-electron chi connectivity index (χ4n) is 5.25. The van der Waals surface area contributed by atoms with Crippen LogP contribution in [0.1, 0.15) is 38.5 Å². The Morgan fingerprint density at radius 2 is 1.92 bits per heavy atom. The smallest absolute Gasteiger partial charge is 0.308 e. The first kappa shape index (κ1) is 17.8. The molecule has 4 rings (SSSR count). The number of carboxylic acid groups (broad SMARTS) is 1. The highest BCUT2D eigenvalue weighted by Gasteiger charge is 2.47. The van der Waals surface area contributed by atoms with Crippen molar-refractivity contribution >= 4 is 5.97 Å². The molecule has 0 aromatic rings. The number of nitrogens with zero attached hydrogens (tertiary/aromatic N) is 1. The predicted molar refractivity (Wildman–Crippen MR) is 100 cm³/mol. The van der Waals surface area contributed by atoms with E-state index in [0.29, 0.717) is 6.42 Å². The minimum absolute atomic E-state index is 0.153. The molecule has 0 amide bonds. The van der Waals surface area contributed by atoms with Crippen LogP contribution >= 0.6 is 0 Å². The van der Waals surface area contributed by atoms with Crippen molar-refractivity contribution in [2.75, 3.05) is 19.6 Å². The molecule has 1 heterocycles. The third kappa shape index (κ3) is 3.48. The number of aliphatic carboxylic acids is 1. The van der Waals surface area contributed by atoms with Gasteiger partial charge < -0.3 is 10.2 Å². The quantitative estimate of drug-likeness (QED) is 0.745. The summed E-state index contributed by atoms with van der Waals surface area (Å²) in [5.41, 5.74) is -1.05. The van der Waals surface area contributed by atoms with E-state index < -0.39 is 23.4 Å². The van der Waals surface area contributed by atoms with Gasteiger partial charge >= 0.3 is 5.97 Å². The number of allylic oxidation sites excluding steroid dienone is 2.